The van der Waals surface area contributed by atoms with E-state index in [1.54, 1.807) is 23.0 Å². The van der Waals surface area contributed by atoms with Gasteiger partial charge in [0.2, 0.25) is 23.5 Å². The molecule has 13 nitrogen and oxygen atoms in total. The van der Waals surface area contributed by atoms with Gasteiger partial charge in [0.1, 0.15) is 15.7 Å². The number of benzene rings is 1. The molecule has 2 aliphatic heterocycles. The van der Waals surface area contributed by atoms with E-state index in [1.165, 1.54) is 14.2 Å². The summed E-state index contributed by atoms with van der Waals surface area (Å²) in [4.78, 5) is 50.1. The maximum atomic E-state index is 13.7. The van der Waals surface area contributed by atoms with E-state index in [0.717, 1.165) is 31.2 Å². The summed E-state index contributed by atoms with van der Waals surface area (Å²) in [5.41, 5.74) is 1.37. The van der Waals surface area contributed by atoms with Gasteiger partial charge in [-0.1, -0.05) is 6.92 Å². The third-order valence-electron chi connectivity index (χ3n) is 8.55. The van der Waals surface area contributed by atoms with Gasteiger partial charge in [-0.05, 0) is 31.2 Å². The molecule has 4 rings (SSSR count). The number of piperidine rings is 1. The molecular weight excluding hydrogens is 614 g/mol. The lowest BCUT2D eigenvalue weighted by Gasteiger charge is -2.35. The summed E-state index contributed by atoms with van der Waals surface area (Å²) >= 11 is 0. The predicted molar refractivity (Wildman–Crippen MR) is 175 cm³/mol. The second kappa shape index (κ2) is 15.7. The smallest absolute Gasteiger partial charge is 0.223 e. The molecule has 14 heteroatoms. The van der Waals surface area contributed by atoms with Gasteiger partial charge < -0.3 is 34.2 Å². The molecular formula is C32H47N5O8S. The maximum Gasteiger partial charge on any atom is 0.223 e. The van der Waals surface area contributed by atoms with Crippen molar-refractivity contribution in [3.8, 4) is 17.2 Å². The second-order valence-electron chi connectivity index (χ2n) is 12.0. The lowest BCUT2D eigenvalue weighted by atomic mass is 9.97. The number of nitrogens with one attached hydrogen (secondary N) is 1. The van der Waals surface area contributed by atoms with Crippen molar-refractivity contribution in [2.24, 2.45) is 5.92 Å². The van der Waals surface area contributed by atoms with Gasteiger partial charge in [-0.15, -0.1) is 0 Å². The summed E-state index contributed by atoms with van der Waals surface area (Å²) in [7, 11) is 1.22. The Morgan fingerprint density at radius 2 is 1.70 bits per heavy atom. The van der Waals surface area contributed by atoms with Crippen molar-refractivity contribution in [1.29, 1.82) is 0 Å². The number of ether oxygens (including phenoxy) is 3. The number of carbonyl (C=O) groups excluding carboxylic acids is 3. The molecule has 1 saturated heterocycles. The van der Waals surface area contributed by atoms with E-state index >= 15 is 0 Å². The zero-order valence-corrected chi connectivity index (χ0v) is 28.4. The number of aromatic nitrogens is 1. The Balaban J connectivity index is 1.86. The summed E-state index contributed by atoms with van der Waals surface area (Å²) in [6.45, 7) is 4.54. The van der Waals surface area contributed by atoms with Crippen LogP contribution in [0.2, 0.25) is 0 Å². The second-order valence-corrected chi connectivity index (χ2v) is 14.3. The van der Waals surface area contributed by atoms with Crippen LogP contribution in [0.15, 0.2) is 12.1 Å². The molecule has 0 radical (unpaired) electrons. The number of hydrogen-bond donors (Lipinski definition) is 1. The fourth-order valence-electron chi connectivity index (χ4n) is 6.12. The van der Waals surface area contributed by atoms with Crippen molar-refractivity contribution in [3.63, 3.8) is 0 Å². The Morgan fingerprint density at radius 1 is 0.978 bits per heavy atom. The standard InChI is InChI=1S/C32H47N5O8S/c1-6-8-28(39)35-13-10-27(38)33-19-22-9-7-12-37(20-22)32-23(21-36(15-14-35)29(40)11-16-46(5,41)42)17-24-25(34-32)18-26(43-2)31(45-4)30(24)44-3/h17-18,22H,6-16,19-21H2,1-5H3,(H,33,38). The first-order valence-electron chi connectivity index (χ1n) is 15.8. The van der Waals surface area contributed by atoms with Gasteiger partial charge in [0.05, 0.1) is 32.6 Å². The van der Waals surface area contributed by atoms with Crippen LogP contribution in [-0.4, -0.2) is 114 Å². The van der Waals surface area contributed by atoms with Crippen molar-refractivity contribution in [2.75, 3.05) is 77.5 Å². The van der Waals surface area contributed by atoms with Crippen LogP contribution < -0.4 is 24.4 Å². The van der Waals surface area contributed by atoms with Gasteiger partial charge in [-0.3, -0.25) is 14.4 Å². The van der Waals surface area contributed by atoms with Crippen LogP contribution in [0.1, 0.15) is 51.0 Å². The average molecular weight is 662 g/mol. The monoisotopic (exact) mass is 661 g/mol. The highest BCUT2D eigenvalue weighted by Crippen LogP contribution is 2.44. The number of amides is 3. The highest BCUT2D eigenvalue weighted by molar-refractivity contribution is 7.90. The number of fused-ring (bicyclic) bond motifs is 5. The van der Waals surface area contributed by atoms with E-state index in [-0.39, 0.29) is 68.4 Å². The van der Waals surface area contributed by atoms with Gasteiger partial charge in [0.25, 0.3) is 0 Å². The molecule has 1 aromatic heterocycles. The molecule has 1 atom stereocenters. The molecule has 3 amide bonds. The molecule has 1 fully saturated rings. The maximum absolute atomic E-state index is 13.7. The van der Waals surface area contributed by atoms with Gasteiger partial charge in [-0.25, -0.2) is 13.4 Å². The minimum Gasteiger partial charge on any atom is -0.493 e. The first-order valence-corrected chi connectivity index (χ1v) is 17.9. The number of nitrogens with zero attached hydrogens (tertiary/aromatic N) is 4. The van der Waals surface area contributed by atoms with Gasteiger partial charge >= 0.3 is 0 Å². The third kappa shape index (κ3) is 8.71. The SMILES string of the molecule is CCCC(=O)N1CCC(=O)NCC2CCCN(C2)c2nc3cc(OC)c(OC)c(OC)c3cc2CN(C(=O)CCS(C)(=O)=O)CC1. The molecule has 2 aliphatic rings. The van der Waals surface area contributed by atoms with Crippen LogP contribution in [0, 0.1) is 5.92 Å². The lowest BCUT2D eigenvalue weighted by molar-refractivity contribution is -0.136. The molecule has 1 unspecified atom stereocenters. The van der Waals surface area contributed by atoms with Crippen LogP contribution in [0.4, 0.5) is 5.82 Å². The molecule has 2 bridgehead atoms. The Hall–Kier alpha value is -3.81. The fourth-order valence-corrected chi connectivity index (χ4v) is 6.67. The normalized spacial score (nSPS) is 18.2. The quantitative estimate of drug-likeness (QED) is 0.447. The topological polar surface area (TPSA) is 148 Å². The van der Waals surface area contributed by atoms with E-state index in [0.29, 0.717) is 59.9 Å². The zero-order chi connectivity index (χ0) is 33.4. The minimum absolute atomic E-state index is 0.0936. The van der Waals surface area contributed by atoms with Gasteiger partial charge in [0.15, 0.2) is 11.5 Å². The largest absolute Gasteiger partial charge is 0.493 e. The molecule has 1 N–H and O–H groups in total. The van der Waals surface area contributed by atoms with Crippen LogP contribution in [0.3, 0.4) is 0 Å². The number of hydrogen-bond acceptors (Lipinski definition) is 10. The Morgan fingerprint density at radius 3 is 2.37 bits per heavy atom. The van der Waals surface area contributed by atoms with Gasteiger partial charge in [-0.2, -0.15) is 0 Å². The Bertz CT molecular complexity index is 1530. The Kier molecular flexibility index (Phi) is 11.9. The van der Waals surface area contributed by atoms with Crippen LogP contribution >= 0.6 is 0 Å². The van der Waals surface area contributed by atoms with E-state index in [2.05, 4.69) is 10.2 Å². The van der Waals surface area contributed by atoms with Crippen molar-refractivity contribution >= 4 is 44.3 Å². The van der Waals surface area contributed by atoms with Crippen molar-refractivity contribution in [3.05, 3.63) is 17.7 Å². The first-order chi connectivity index (χ1) is 22.0. The molecule has 0 aliphatic carbocycles. The van der Waals surface area contributed by atoms with Crippen LogP contribution in [-0.2, 0) is 30.8 Å². The van der Waals surface area contributed by atoms with Crippen molar-refractivity contribution in [2.45, 2.75) is 52.0 Å². The number of methoxy groups -OCH3 is 3. The summed E-state index contributed by atoms with van der Waals surface area (Å²) in [5, 5.41) is 3.73. The number of anilines is 1. The number of rotatable bonds is 8. The highest BCUT2D eigenvalue weighted by atomic mass is 32.2. The van der Waals surface area contributed by atoms with Crippen molar-refractivity contribution < 1.29 is 37.0 Å². The molecule has 2 aromatic rings. The molecule has 1 aromatic carbocycles. The van der Waals surface area contributed by atoms with Crippen LogP contribution in [0.5, 0.6) is 17.2 Å². The lowest BCUT2D eigenvalue weighted by Crippen LogP contribution is -2.42. The van der Waals surface area contributed by atoms with Crippen LogP contribution in [0.25, 0.3) is 10.9 Å². The molecule has 0 saturated carbocycles. The third-order valence-corrected chi connectivity index (χ3v) is 9.50. The highest BCUT2D eigenvalue weighted by Gasteiger charge is 2.28. The number of pyridine rings is 1. The number of carbonyl (C=O) groups is 3. The molecule has 3 heterocycles. The molecule has 0 spiro atoms. The van der Waals surface area contributed by atoms with Gasteiger partial charge in [0, 0.05) is 88.3 Å². The van der Waals surface area contributed by atoms with E-state index in [1.807, 2.05) is 13.0 Å². The minimum atomic E-state index is -3.39. The van der Waals surface area contributed by atoms with E-state index < -0.39 is 9.84 Å². The molecule has 254 valence electrons. The fraction of sp³-hybridized carbons (Fsp3) is 0.625. The Labute approximate surface area is 271 Å². The average Bonchev–Trinajstić information content (AvgIpc) is 3.03. The van der Waals surface area contributed by atoms with Crippen molar-refractivity contribution in [1.82, 2.24) is 20.1 Å². The number of sulfone groups is 1. The van der Waals surface area contributed by atoms with E-state index in [9.17, 15) is 22.8 Å². The zero-order valence-electron chi connectivity index (χ0n) is 27.6. The first kappa shape index (κ1) is 35.1. The molecule has 46 heavy (non-hydrogen) atoms. The predicted octanol–water partition coefficient (Wildman–Crippen LogP) is 2.39. The van der Waals surface area contributed by atoms with E-state index in [4.69, 9.17) is 19.2 Å². The summed E-state index contributed by atoms with van der Waals surface area (Å²) in [6, 6.07) is 3.74. The summed E-state index contributed by atoms with van der Waals surface area (Å²) < 4.78 is 41.0. The summed E-state index contributed by atoms with van der Waals surface area (Å²) in [5.74, 6) is 1.32. The summed E-state index contributed by atoms with van der Waals surface area (Å²) in [6.07, 6.45) is 3.88.